The fraction of sp³-hybridized carbons (Fsp3) is 0.333. The molecule has 0 spiro atoms. The lowest BCUT2D eigenvalue weighted by atomic mass is 10.1. The highest BCUT2D eigenvalue weighted by molar-refractivity contribution is 7.89. The van der Waals surface area contributed by atoms with E-state index in [-0.39, 0.29) is 29.4 Å². The molecule has 1 heterocycles. The summed E-state index contributed by atoms with van der Waals surface area (Å²) < 4.78 is 36.9. The molecule has 1 aliphatic rings. The minimum Gasteiger partial charge on any atom is -0.497 e. The van der Waals surface area contributed by atoms with Crippen molar-refractivity contribution in [1.82, 2.24) is 4.31 Å². The normalized spacial score (nSPS) is 14.8. The monoisotopic (exact) mass is 432 g/mol. The van der Waals surface area contributed by atoms with Crippen LogP contribution in [0.1, 0.15) is 23.2 Å². The van der Waals surface area contributed by atoms with Crippen molar-refractivity contribution in [3.8, 4) is 5.75 Å². The van der Waals surface area contributed by atoms with E-state index in [0.717, 1.165) is 0 Å². The number of methoxy groups -OCH3 is 1. The summed E-state index contributed by atoms with van der Waals surface area (Å²) in [4.78, 5) is 24.5. The lowest BCUT2D eigenvalue weighted by Gasteiger charge is -2.26. The predicted molar refractivity (Wildman–Crippen MR) is 111 cm³/mol. The molecule has 0 saturated carbocycles. The summed E-state index contributed by atoms with van der Waals surface area (Å²) >= 11 is 0. The van der Waals surface area contributed by atoms with E-state index >= 15 is 0 Å². The van der Waals surface area contributed by atoms with E-state index in [1.165, 1.54) is 28.6 Å². The highest BCUT2D eigenvalue weighted by Crippen LogP contribution is 2.20. The fourth-order valence-electron chi connectivity index (χ4n) is 3.02. The Morgan fingerprint density at radius 3 is 2.23 bits per heavy atom. The molecule has 1 aliphatic heterocycles. The van der Waals surface area contributed by atoms with Crippen molar-refractivity contribution < 1.29 is 27.5 Å². The van der Waals surface area contributed by atoms with Gasteiger partial charge in [-0.1, -0.05) is 0 Å². The van der Waals surface area contributed by atoms with Gasteiger partial charge in [0.25, 0.3) is 0 Å². The number of Topliss-reactive ketones (excluding diaryl/α,β-unsaturated/α-hetero) is 1. The molecular weight excluding hydrogens is 408 g/mol. The molecule has 1 saturated heterocycles. The van der Waals surface area contributed by atoms with Crippen LogP contribution in [0.5, 0.6) is 5.75 Å². The van der Waals surface area contributed by atoms with Crippen LogP contribution in [-0.2, 0) is 19.6 Å². The SMILES string of the molecule is COc1ccc(C(=O)CCC(=O)Nc2ccc(S(=O)(=O)N3CCOCC3)cc2)cc1. The Balaban J connectivity index is 1.53. The van der Waals surface area contributed by atoms with Crippen LogP contribution in [0.15, 0.2) is 53.4 Å². The predicted octanol–water partition coefficient (Wildman–Crippen LogP) is 2.32. The zero-order chi connectivity index (χ0) is 21.6. The number of hydrogen-bond donors (Lipinski definition) is 1. The number of hydrogen-bond acceptors (Lipinski definition) is 6. The Labute approximate surface area is 175 Å². The zero-order valence-electron chi connectivity index (χ0n) is 16.7. The minimum atomic E-state index is -3.58. The number of nitrogens with zero attached hydrogens (tertiary/aromatic N) is 1. The Kier molecular flexibility index (Phi) is 7.20. The molecule has 1 fully saturated rings. The number of ether oxygens (including phenoxy) is 2. The van der Waals surface area contributed by atoms with Gasteiger partial charge < -0.3 is 14.8 Å². The molecule has 0 unspecified atom stereocenters. The van der Waals surface area contributed by atoms with Crippen molar-refractivity contribution in [2.75, 3.05) is 38.7 Å². The van der Waals surface area contributed by atoms with Gasteiger partial charge in [0, 0.05) is 37.2 Å². The van der Waals surface area contributed by atoms with Gasteiger partial charge in [-0.3, -0.25) is 9.59 Å². The van der Waals surface area contributed by atoms with Crippen LogP contribution in [0.2, 0.25) is 0 Å². The quantitative estimate of drug-likeness (QED) is 0.643. The van der Waals surface area contributed by atoms with E-state index in [0.29, 0.717) is 43.3 Å². The summed E-state index contributed by atoms with van der Waals surface area (Å²) in [5.74, 6) is 0.198. The Hall–Kier alpha value is -2.75. The van der Waals surface area contributed by atoms with Crippen molar-refractivity contribution in [3.05, 3.63) is 54.1 Å². The van der Waals surface area contributed by atoms with Crippen LogP contribution in [0.25, 0.3) is 0 Å². The molecule has 9 heteroatoms. The summed E-state index contributed by atoms with van der Waals surface area (Å²) in [6.45, 7) is 1.40. The first-order valence-corrected chi connectivity index (χ1v) is 11.0. The largest absolute Gasteiger partial charge is 0.497 e. The average molecular weight is 432 g/mol. The Bertz CT molecular complexity index is 981. The highest BCUT2D eigenvalue weighted by atomic mass is 32.2. The third kappa shape index (κ3) is 5.44. The fourth-order valence-corrected chi connectivity index (χ4v) is 4.43. The standard InChI is InChI=1S/C21H24N2O6S/c1-28-18-6-2-16(3-7-18)20(24)10-11-21(25)22-17-4-8-19(9-5-17)30(26,27)23-12-14-29-15-13-23/h2-9H,10-15H2,1H3,(H,22,25). The van der Waals surface area contributed by atoms with Crippen LogP contribution in [0.3, 0.4) is 0 Å². The lowest BCUT2D eigenvalue weighted by molar-refractivity contribution is -0.116. The molecule has 0 aromatic heterocycles. The van der Waals surface area contributed by atoms with Gasteiger partial charge in [0.1, 0.15) is 5.75 Å². The molecular formula is C21H24N2O6S. The molecule has 8 nitrogen and oxygen atoms in total. The number of carbonyl (C=O) groups excluding carboxylic acids is 2. The summed E-state index contributed by atoms with van der Waals surface area (Å²) in [6, 6.07) is 12.7. The maximum Gasteiger partial charge on any atom is 0.243 e. The van der Waals surface area contributed by atoms with Crippen LogP contribution < -0.4 is 10.1 Å². The van der Waals surface area contributed by atoms with E-state index in [4.69, 9.17) is 9.47 Å². The summed E-state index contributed by atoms with van der Waals surface area (Å²) in [6.07, 6.45) is 0.0976. The maximum atomic E-state index is 12.6. The van der Waals surface area contributed by atoms with Gasteiger partial charge in [-0.2, -0.15) is 4.31 Å². The molecule has 1 N–H and O–H groups in total. The topological polar surface area (TPSA) is 102 Å². The molecule has 0 radical (unpaired) electrons. The number of sulfonamides is 1. The second-order valence-corrected chi connectivity index (χ2v) is 8.68. The molecule has 3 rings (SSSR count). The molecule has 2 aromatic carbocycles. The Morgan fingerprint density at radius 1 is 1.00 bits per heavy atom. The smallest absolute Gasteiger partial charge is 0.243 e. The summed E-state index contributed by atoms with van der Waals surface area (Å²) in [7, 11) is -2.03. The molecule has 160 valence electrons. The van der Waals surface area contributed by atoms with Crippen LogP contribution >= 0.6 is 0 Å². The number of nitrogens with one attached hydrogen (secondary N) is 1. The number of anilines is 1. The lowest BCUT2D eigenvalue weighted by Crippen LogP contribution is -2.40. The van der Waals surface area contributed by atoms with Gasteiger partial charge in [0.05, 0.1) is 25.2 Å². The van der Waals surface area contributed by atoms with Crippen molar-refractivity contribution in [2.45, 2.75) is 17.7 Å². The number of carbonyl (C=O) groups is 2. The highest BCUT2D eigenvalue weighted by Gasteiger charge is 2.26. The van der Waals surface area contributed by atoms with Crippen molar-refractivity contribution >= 4 is 27.4 Å². The van der Waals surface area contributed by atoms with E-state index in [9.17, 15) is 18.0 Å². The first kappa shape index (κ1) is 21.9. The molecule has 0 atom stereocenters. The number of benzene rings is 2. The van der Waals surface area contributed by atoms with E-state index in [1.54, 1.807) is 31.4 Å². The van der Waals surface area contributed by atoms with Gasteiger partial charge in [-0.05, 0) is 48.5 Å². The summed E-state index contributed by atoms with van der Waals surface area (Å²) in [5.41, 5.74) is 0.985. The summed E-state index contributed by atoms with van der Waals surface area (Å²) in [5, 5.41) is 2.69. The van der Waals surface area contributed by atoms with Gasteiger partial charge in [-0.15, -0.1) is 0 Å². The van der Waals surface area contributed by atoms with Gasteiger partial charge in [0.15, 0.2) is 5.78 Å². The second-order valence-electron chi connectivity index (χ2n) is 6.74. The van der Waals surface area contributed by atoms with E-state index in [1.807, 2.05) is 0 Å². The van der Waals surface area contributed by atoms with Crippen LogP contribution in [0, 0.1) is 0 Å². The van der Waals surface area contributed by atoms with Crippen molar-refractivity contribution in [3.63, 3.8) is 0 Å². The van der Waals surface area contributed by atoms with Crippen molar-refractivity contribution in [2.24, 2.45) is 0 Å². The molecule has 0 aliphatic carbocycles. The number of amides is 1. The average Bonchev–Trinajstić information content (AvgIpc) is 2.78. The Morgan fingerprint density at radius 2 is 1.63 bits per heavy atom. The number of morpholine rings is 1. The molecule has 2 aromatic rings. The first-order valence-electron chi connectivity index (χ1n) is 9.55. The van der Waals surface area contributed by atoms with Gasteiger partial charge in [-0.25, -0.2) is 8.42 Å². The number of rotatable bonds is 8. The second kappa shape index (κ2) is 9.84. The van der Waals surface area contributed by atoms with E-state index < -0.39 is 10.0 Å². The molecule has 1 amide bonds. The van der Waals surface area contributed by atoms with Crippen molar-refractivity contribution in [1.29, 1.82) is 0 Å². The molecule has 30 heavy (non-hydrogen) atoms. The van der Waals surface area contributed by atoms with Gasteiger partial charge >= 0.3 is 0 Å². The third-order valence-electron chi connectivity index (χ3n) is 4.74. The van der Waals surface area contributed by atoms with E-state index in [2.05, 4.69) is 5.32 Å². The third-order valence-corrected chi connectivity index (χ3v) is 6.65. The first-order chi connectivity index (χ1) is 14.4. The van der Waals surface area contributed by atoms with Crippen LogP contribution in [0.4, 0.5) is 5.69 Å². The maximum absolute atomic E-state index is 12.6. The number of ketones is 1. The minimum absolute atomic E-state index is 0.0265. The van der Waals surface area contributed by atoms with Crippen LogP contribution in [-0.4, -0.2) is 57.8 Å². The molecule has 0 bridgehead atoms. The zero-order valence-corrected chi connectivity index (χ0v) is 17.5. The van der Waals surface area contributed by atoms with Gasteiger partial charge in [0.2, 0.25) is 15.9 Å².